The fraction of sp³-hybridized carbons (Fsp3) is 0.400. The second-order valence-corrected chi connectivity index (χ2v) is 29.5. The summed E-state index contributed by atoms with van der Waals surface area (Å²) in [5, 5.41) is 2.26. The van der Waals surface area contributed by atoms with Crippen molar-refractivity contribution in [1.82, 2.24) is 5.23 Å². The molecule has 3 fully saturated rings. The predicted octanol–water partition coefficient (Wildman–Crippen LogP) is 10.5. The molecule has 0 spiro atoms. The van der Waals surface area contributed by atoms with Crippen molar-refractivity contribution >= 4 is 39.3 Å². The first-order valence-electron chi connectivity index (χ1n) is 23.7. The van der Waals surface area contributed by atoms with Gasteiger partial charge in [-0.3, -0.25) is 9.63 Å². The van der Waals surface area contributed by atoms with E-state index in [0.29, 0.717) is 23.5 Å². The lowest BCUT2D eigenvalue weighted by Gasteiger charge is -2.47. The fourth-order valence-electron chi connectivity index (χ4n) is 10.3. The summed E-state index contributed by atoms with van der Waals surface area (Å²) in [5.41, 5.74) is 1.56. The highest BCUT2D eigenvalue weighted by molar-refractivity contribution is 6.91. The van der Waals surface area contributed by atoms with Gasteiger partial charge in [0, 0.05) is 11.0 Å². The number of hydroxylamine groups is 2. The normalized spacial score (nSPS) is 24.2. The molecule has 0 radical (unpaired) electrons. The van der Waals surface area contributed by atoms with E-state index >= 15 is 4.79 Å². The monoisotopic (exact) mass is 939 g/mol. The minimum atomic E-state index is -2.87. The summed E-state index contributed by atoms with van der Waals surface area (Å²) in [6.45, 7) is 17.3. The molecule has 0 unspecified atom stereocenters. The number of carbonyl (C=O) groups excluding carboxylic acids is 3. The van der Waals surface area contributed by atoms with Crippen LogP contribution in [-0.4, -0.2) is 82.7 Å². The number of fused-ring (bicyclic) bond motifs is 1. The molecule has 12 heteroatoms. The van der Waals surface area contributed by atoms with E-state index in [4.69, 9.17) is 28.3 Å². The van der Waals surface area contributed by atoms with Crippen molar-refractivity contribution in [2.24, 2.45) is 5.92 Å². The Balaban J connectivity index is 1.26. The third-order valence-electron chi connectivity index (χ3n) is 15.5. The first kappa shape index (κ1) is 48.4. The van der Waals surface area contributed by atoms with Gasteiger partial charge in [0.25, 0.3) is 0 Å². The van der Waals surface area contributed by atoms with Crippen LogP contribution in [0, 0.1) is 5.92 Å². The van der Waals surface area contributed by atoms with E-state index in [0.717, 1.165) is 29.2 Å². The molecule has 0 amide bonds. The van der Waals surface area contributed by atoms with E-state index < -0.39 is 76.0 Å². The summed E-state index contributed by atoms with van der Waals surface area (Å²) in [7, 11) is -5.34. The van der Waals surface area contributed by atoms with Gasteiger partial charge in [-0.2, -0.15) is 0 Å². The number of hydrogen-bond acceptors (Lipinski definition) is 10. The maximum atomic E-state index is 15.1. The van der Waals surface area contributed by atoms with Crippen LogP contribution in [0.25, 0.3) is 0 Å². The van der Waals surface area contributed by atoms with Gasteiger partial charge in [0.1, 0.15) is 12.1 Å². The molecule has 2 heterocycles. The molecule has 7 atom stereocenters. The topological polar surface area (TPSA) is 110 Å². The Morgan fingerprint density at radius 3 is 1.67 bits per heavy atom. The highest BCUT2D eigenvalue weighted by Gasteiger charge is 2.65. The zero-order valence-electron chi connectivity index (χ0n) is 40.0. The van der Waals surface area contributed by atoms with E-state index in [9.17, 15) is 9.59 Å². The fourth-order valence-corrected chi connectivity index (χ4v) is 16.2. The molecule has 1 saturated carbocycles. The molecule has 2 saturated heterocycles. The Bertz CT molecular complexity index is 2420. The maximum absolute atomic E-state index is 15.1. The lowest BCUT2D eigenvalue weighted by atomic mass is 9.71. The molecule has 1 aliphatic carbocycles. The predicted molar refractivity (Wildman–Crippen MR) is 264 cm³/mol. The van der Waals surface area contributed by atoms with E-state index in [-0.39, 0.29) is 17.4 Å². The summed E-state index contributed by atoms with van der Waals surface area (Å²) in [4.78, 5) is 57.9. The van der Waals surface area contributed by atoms with Crippen LogP contribution in [0.4, 0.5) is 0 Å². The van der Waals surface area contributed by atoms with Gasteiger partial charge in [0.05, 0.1) is 31.9 Å². The number of ketones is 1. The third-order valence-corrected chi connectivity index (χ3v) is 24.2. The molecular formula is C55H65NO9Si2. The summed E-state index contributed by atoms with van der Waals surface area (Å²) in [5.74, 6) is -1.19. The van der Waals surface area contributed by atoms with Crippen LogP contribution in [0.3, 0.4) is 0 Å². The number of esters is 2. The first-order chi connectivity index (χ1) is 32.1. The lowest BCUT2D eigenvalue weighted by Crippen LogP contribution is -2.65. The quantitative estimate of drug-likeness (QED) is 0.0701. The molecule has 0 N–H and O–H groups in total. The van der Waals surface area contributed by atoms with Crippen molar-refractivity contribution in [1.29, 1.82) is 0 Å². The summed E-state index contributed by atoms with van der Waals surface area (Å²) >= 11 is 0. The van der Waals surface area contributed by atoms with Gasteiger partial charge in [0.2, 0.25) is 6.29 Å². The Hall–Kier alpha value is -5.06. The van der Waals surface area contributed by atoms with Crippen LogP contribution in [0.2, 0.25) is 36.8 Å². The van der Waals surface area contributed by atoms with Crippen molar-refractivity contribution in [2.75, 3.05) is 6.61 Å². The zero-order valence-corrected chi connectivity index (χ0v) is 42.0. The molecule has 0 aromatic heterocycles. The van der Waals surface area contributed by atoms with Gasteiger partial charge >= 0.3 is 11.9 Å². The molecule has 67 heavy (non-hydrogen) atoms. The first-order valence-corrected chi connectivity index (χ1v) is 29.7. The van der Waals surface area contributed by atoms with Crippen molar-refractivity contribution in [3.63, 3.8) is 0 Å². The van der Waals surface area contributed by atoms with Crippen LogP contribution in [0.5, 0.6) is 0 Å². The minimum Gasteiger partial charge on any atom is -0.453 e. The molecule has 5 aromatic carbocycles. The Kier molecular flexibility index (Phi) is 14.4. The third kappa shape index (κ3) is 9.54. The van der Waals surface area contributed by atoms with Gasteiger partial charge in [-0.05, 0) is 78.7 Å². The Labute approximate surface area is 397 Å². The number of benzene rings is 5. The van der Waals surface area contributed by atoms with E-state index in [2.05, 4.69) is 90.3 Å². The van der Waals surface area contributed by atoms with Crippen molar-refractivity contribution in [3.05, 3.63) is 174 Å². The number of Topliss-reactive ketones (excluding diaryl/α,β-unsaturated/α-hetero) is 1. The Morgan fingerprint density at radius 2 is 1.16 bits per heavy atom. The number of hydrogen-bond donors (Lipinski definition) is 0. The standard InChI is InChI=1S/C55H65NO9Si2/c1-38(2)54(3,4)67(7,8)60-37-44(57)47-50(66(5,6)43-33-22-13-23-34-43)46-48(62-51(58)39-25-14-9-15-26-39)49(63-52(59)40-27-16-10-17-28-40)53(65-56(46)64-47)61-45-35-24-36-55(45,41-29-18-11-19-30-41)42-31-20-12-21-32-42/h9-23,25-34,38,45-50,53H,24,35-37H2,1-8H3/t45-,46-,47-,48+,49-,50-,53+/m1/s1. The molecule has 2 aliphatic heterocycles. The maximum Gasteiger partial charge on any atom is 0.338 e. The smallest absolute Gasteiger partial charge is 0.338 e. The van der Waals surface area contributed by atoms with Gasteiger partial charge in [-0.1, -0.05) is 179 Å². The average molecular weight is 940 g/mol. The number of nitrogens with zero attached hydrogens (tertiary/aromatic N) is 1. The minimum absolute atomic E-state index is 0.145. The second kappa shape index (κ2) is 19.9. The lowest BCUT2D eigenvalue weighted by molar-refractivity contribution is -0.462. The van der Waals surface area contributed by atoms with E-state index in [1.54, 1.807) is 48.5 Å². The Morgan fingerprint density at radius 1 is 0.687 bits per heavy atom. The van der Waals surface area contributed by atoms with Crippen LogP contribution in [0.1, 0.15) is 78.8 Å². The molecule has 3 aliphatic rings. The zero-order chi connectivity index (χ0) is 47.6. The van der Waals surface area contributed by atoms with Gasteiger partial charge in [0.15, 0.2) is 26.3 Å². The SMILES string of the molecule is CC(C)C(C)(C)[Si](C)(C)OCC(=O)[C@H]1ON2O[C@H](O[C@@H]3CCCC3(c3ccccc3)c3ccccc3)[C@H](OC(=O)c3ccccc3)[C@@H](OC(=O)c3ccccc3)[C@@H]2[C@H]1[Si](C)(C)c1ccccc1. The summed E-state index contributed by atoms with van der Waals surface area (Å²) in [6, 6.07) is 47.3. The average Bonchev–Trinajstić information content (AvgIpc) is 3.96. The second-order valence-electron chi connectivity index (χ2n) is 20.2. The molecule has 10 nitrogen and oxygen atoms in total. The molecule has 0 bridgehead atoms. The highest BCUT2D eigenvalue weighted by atomic mass is 28.4. The van der Waals surface area contributed by atoms with Gasteiger partial charge < -0.3 is 18.6 Å². The highest BCUT2D eigenvalue weighted by Crippen LogP contribution is 2.52. The molecular weight excluding hydrogens is 875 g/mol. The molecule has 352 valence electrons. The number of carbonyl (C=O) groups is 3. The molecule has 5 aromatic rings. The van der Waals surface area contributed by atoms with Crippen LogP contribution < -0.4 is 5.19 Å². The summed E-state index contributed by atoms with van der Waals surface area (Å²) < 4.78 is 27.4. The van der Waals surface area contributed by atoms with Crippen LogP contribution >= 0.6 is 0 Å². The van der Waals surface area contributed by atoms with Crippen LogP contribution in [-0.2, 0) is 38.5 Å². The number of rotatable bonds is 16. The van der Waals surface area contributed by atoms with E-state index in [1.807, 2.05) is 66.7 Å². The summed E-state index contributed by atoms with van der Waals surface area (Å²) in [6.07, 6.45) is -3.19. The molecule has 8 rings (SSSR count). The van der Waals surface area contributed by atoms with Gasteiger partial charge in [-0.25, -0.2) is 14.4 Å². The van der Waals surface area contributed by atoms with Crippen molar-refractivity contribution in [2.45, 2.75) is 126 Å². The number of ether oxygens (including phenoxy) is 3. The van der Waals surface area contributed by atoms with Crippen LogP contribution in [0.15, 0.2) is 152 Å². The largest absolute Gasteiger partial charge is 0.453 e. The van der Waals surface area contributed by atoms with Crippen molar-refractivity contribution in [3.8, 4) is 0 Å². The van der Waals surface area contributed by atoms with E-state index in [1.165, 1.54) is 5.23 Å². The van der Waals surface area contributed by atoms with Gasteiger partial charge in [-0.15, -0.1) is 0 Å². The van der Waals surface area contributed by atoms with Crippen molar-refractivity contribution < 1.29 is 42.7 Å².